The summed E-state index contributed by atoms with van der Waals surface area (Å²) in [5.74, 6) is 2.02. The highest BCUT2D eigenvalue weighted by atomic mass is 14.5. The maximum absolute atomic E-state index is 7.55. The molecule has 0 N–H and O–H groups in total. The Hall–Kier alpha value is 0. The number of hydrogen-bond donors (Lipinski definition) is 0. The highest BCUT2D eigenvalue weighted by Crippen LogP contribution is 2.53. The summed E-state index contributed by atoms with van der Waals surface area (Å²) in [6.07, 6.45) is 2.89. The van der Waals surface area contributed by atoms with Crippen molar-refractivity contribution in [2.45, 2.75) is 32.6 Å². The third-order valence-electron chi connectivity index (χ3n) is 2.80. The third-order valence-corrected chi connectivity index (χ3v) is 2.80. The molecule has 0 spiro atoms. The molecule has 46 valence electrons. The van der Waals surface area contributed by atoms with Gasteiger partial charge in [0.2, 0.25) is 0 Å². The smallest absolute Gasteiger partial charge is 0.0267 e. The van der Waals surface area contributed by atoms with E-state index in [0.717, 1.165) is 18.3 Å². The van der Waals surface area contributed by atoms with Crippen LogP contribution in [0, 0.1) is 17.8 Å². The monoisotopic (exact) mass is 112 g/mol. The standard InChI is InChI=1S/C8H14/c1-2-7-3-6-4-8(7)5-6/h6-8H,2-5H2,1H3/i2D2. The predicted octanol–water partition coefficient (Wildman–Crippen LogP) is 2.44. The van der Waals surface area contributed by atoms with Gasteiger partial charge in [-0.25, -0.2) is 0 Å². The van der Waals surface area contributed by atoms with Crippen LogP contribution in [0.1, 0.15) is 35.3 Å². The SMILES string of the molecule is [2H]C([2H])(C)C1CC2CC1C2. The second-order valence-electron chi connectivity index (χ2n) is 3.23. The molecule has 1 atom stereocenters. The van der Waals surface area contributed by atoms with E-state index in [9.17, 15) is 0 Å². The van der Waals surface area contributed by atoms with Crippen molar-refractivity contribution in [1.29, 1.82) is 0 Å². The summed E-state index contributed by atoms with van der Waals surface area (Å²) < 4.78 is 15.1. The Morgan fingerprint density at radius 1 is 1.50 bits per heavy atom. The Labute approximate surface area is 54.1 Å². The molecule has 3 fully saturated rings. The molecule has 0 aromatic heterocycles. The highest BCUT2D eigenvalue weighted by molar-refractivity contribution is 4.93. The molecule has 3 aliphatic rings. The normalized spacial score (nSPS) is 56.9. The quantitative estimate of drug-likeness (QED) is 0.488. The first-order valence-electron chi connectivity index (χ1n) is 4.57. The lowest BCUT2D eigenvalue weighted by atomic mass is 9.82. The second kappa shape index (κ2) is 1.49. The van der Waals surface area contributed by atoms with Crippen LogP contribution in [0.5, 0.6) is 0 Å². The van der Waals surface area contributed by atoms with Gasteiger partial charge in [-0.1, -0.05) is 13.3 Å². The molecule has 0 nitrogen and oxygen atoms in total. The van der Waals surface area contributed by atoms with E-state index in [1.807, 2.05) is 0 Å². The average Bonchev–Trinajstić information content (AvgIpc) is 2.07. The molecule has 0 saturated heterocycles. The average molecular weight is 112 g/mol. The Morgan fingerprint density at radius 3 is 2.50 bits per heavy atom. The number of hydrogen-bond acceptors (Lipinski definition) is 0. The molecule has 3 saturated carbocycles. The van der Waals surface area contributed by atoms with Crippen molar-refractivity contribution >= 4 is 0 Å². The third kappa shape index (κ3) is 0.463. The lowest BCUT2D eigenvalue weighted by molar-refractivity contribution is 0.272. The summed E-state index contributed by atoms with van der Waals surface area (Å²) in [7, 11) is 0. The van der Waals surface area contributed by atoms with Gasteiger partial charge in [0.05, 0.1) is 0 Å². The van der Waals surface area contributed by atoms with Gasteiger partial charge in [0.25, 0.3) is 0 Å². The van der Waals surface area contributed by atoms with Crippen molar-refractivity contribution in [3.8, 4) is 0 Å². The summed E-state index contributed by atoms with van der Waals surface area (Å²) in [6.45, 7) is 1.73. The van der Waals surface area contributed by atoms with Crippen molar-refractivity contribution in [2.24, 2.45) is 17.8 Å². The largest absolute Gasteiger partial charge is 0.0651 e. The molecule has 2 bridgehead atoms. The summed E-state index contributed by atoms with van der Waals surface area (Å²) in [6, 6.07) is 0. The van der Waals surface area contributed by atoms with Gasteiger partial charge in [0, 0.05) is 2.74 Å². The first-order valence-corrected chi connectivity index (χ1v) is 3.57. The van der Waals surface area contributed by atoms with E-state index in [1.54, 1.807) is 6.92 Å². The van der Waals surface area contributed by atoms with Crippen molar-refractivity contribution in [3.05, 3.63) is 0 Å². The van der Waals surface area contributed by atoms with E-state index < -0.39 is 6.37 Å². The van der Waals surface area contributed by atoms with Crippen LogP contribution in [-0.2, 0) is 0 Å². The molecule has 0 amide bonds. The van der Waals surface area contributed by atoms with Crippen molar-refractivity contribution in [1.82, 2.24) is 0 Å². The Kier molecular flexibility index (Phi) is 0.604. The zero-order valence-corrected chi connectivity index (χ0v) is 5.35. The number of rotatable bonds is 1. The molecule has 0 aromatic rings. The van der Waals surface area contributed by atoms with Gasteiger partial charge in [-0.2, -0.15) is 0 Å². The fourth-order valence-electron chi connectivity index (χ4n) is 2.21. The predicted molar refractivity (Wildman–Crippen MR) is 34.6 cm³/mol. The van der Waals surface area contributed by atoms with Crippen LogP contribution in [0.2, 0.25) is 0 Å². The molecule has 1 unspecified atom stereocenters. The van der Waals surface area contributed by atoms with Crippen LogP contribution in [-0.4, -0.2) is 0 Å². The lowest BCUT2D eigenvalue weighted by Gasteiger charge is -2.23. The summed E-state index contributed by atoms with van der Waals surface area (Å²) in [5, 5.41) is 0. The van der Waals surface area contributed by atoms with Crippen LogP contribution in [0.4, 0.5) is 0 Å². The van der Waals surface area contributed by atoms with Crippen molar-refractivity contribution < 1.29 is 2.74 Å². The maximum atomic E-state index is 7.55. The van der Waals surface area contributed by atoms with E-state index in [-0.39, 0.29) is 0 Å². The zero-order chi connectivity index (χ0) is 7.35. The van der Waals surface area contributed by atoms with E-state index >= 15 is 0 Å². The molecule has 0 aromatic carbocycles. The van der Waals surface area contributed by atoms with Crippen LogP contribution < -0.4 is 0 Å². The molecular formula is C8H14. The van der Waals surface area contributed by atoms with E-state index in [2.05, 4.69) is 0 Å². The van der Waals surface area contributed by atoms with Crippen LogP contribution in [0.25, 0.3) is 0 Å². The molecule has 3 rings (SSSR count). The van der Waals surface area contributed by atoms with Gasteiger partial charge in [-0.3, -0.25) is 0 Å². The van der Waals surface area contributed by atoms with Gasteiger partial charge in [-0.15, -0.1) is 0 Å². The molecule has 3 aliphatic carbocycles. The zero-order valence-electron chi connectivity index (χ0n) is 7.35. The van der Waals surface area contributed by atoms with E-state index in [1.165, 1.54) is 12.8 Å². The minimum absolute atomic E-state index is 0.387. The first-order chi connectivity index (χ1) is 4.57. The lowest BCUT2D eigenvalue weighted by Crippen LogP contribution is -2.13. The molecule has 8 heavy (non-hydrogen) atoms. The van der Waals surface area contributed by atoms with Crippen LogP contribution >= 0.6 is 0 Å². The second-order valence-corrected chi connectivity index (χ2v) is 3.23. The molecule has 0 heterocycles. The first kappa shape index (κ1) is 3.24. The highest BCUT2D eigenvalue weighted by Gasteiger charge is 2.42. The van der Waals surface area contributed by atoms with Gasteiger partial charge in [0.15, 0.2) is 0 Å². The summed E-state index contributed by atoms with van der Waals surface area (Å²) >= 11 is 0. The molecule has 0 radical (unpaired) electrons. The van der Waals surface area contributed by atoms with E-state index in [4.69, 9.17) is 2.74 Å². The summed E-state index contributed by atoms with van der Waals surface area (Å²) in [4.78, 5) is 0. The van der Waals surface area contributed by atoms with Gasteiger partial charge in [-0.05, 0) is 37.0 Å². The Balaban J connectivity index is 2.07. The fraction of sp³-hybridized carbons (Fsp3) is 1.00. The molecule has 0 aliphatic heterocycles. The van der Waals surface area contributed by atoms with Crippen LogP contribution in [0.15, 0.2) is 0 Å². The Bertz CT molecular complexity index is 142. The molecule has 0 heteroatoms. The van der Waals surface area contributed by atoms with E-state index in [0.29, 0.717) is 5.92 Å². The fourth-order valence-corrected chi connectivity index (χ4v) is 2.21. The minimum atomic E-state index is -0.907. The van der Waals surface area contributed by atoms with Gasteiger partial charge < -0.3 is 0 Å². The van der Waals surface area contributed by atoms with Gasteiger partial charge in [0.1, 0.15) is 0 Å². The Morgan fingerprint density at radius 2 is 2.25 bits per heavy atom. The van der Waals surface area contributed by atoms with Crippen molar-refractivity contribution in [2.75, 3.05) is 0 Å². The van der Waals surface area contributed by atoms with Gasteiger partial charge >= 0.3 is 0 Å². The van der Waals surface area contributed by atoms with Crippen LogP contribution in [0.3, 0.4) is 0 Å². The maximum Gasteiger partial charge on any atom is 0.0267 e. The minimum Gasteiger partial charge on any atom is -0.0651 e. The molecular weight excluding hydrogens is 96.1 g/mol. The number of fused-ring (bicyclic) bond motifs is 1. The van der Waals surface area contributed by atoms with Crippen molar-refractivity contribution in [3.63, 3.8) is 0 Å². The summed E-state index contributed by atoms with van der Waals surface area (Å²) in [5.41, 5.74) is 0. The topological polar surface area (TPSA) is 0 Å².